The van der Waals surface area contributed by atoms with E-state index in [9.17, 15) is 9.59 Å². The second-order valence-corrected chi connectivity index (χ2v) is 5.05. The lowest BCUT2D eigenvalue weighted by Gasteiger charge is -2.25. The van der Waals surface area contributed by atoms with Crippen LogP contribution in [0.25, 0.3) is 0 Å². The first kappa shape index (κ1) is 14.8. The highest BCUT2D eigenvalue weighted by atomic mass is 35.5. The van der Waals surface area contributed by atoms with Gasteiger partial charge in [0.1, 0.15) is 6.10 Å². The van der Waals surface area contributed by atoms with Crippen LogP contribution >= 0.6 is 11.6 Å². The number of rotatable bonds is 5. The van der Waals surface area contributed by atoms with Crippen LogP contribution in [0.4, 0.5) is 5.69 Å². The summed E-state index contributed by atoms with van der Waals surface area (Å²) in [5, 5.41) is 9.32. The first-order chi connectivity index (χ1) is 9.58. The monoisotopic (exact) mass is 297 g/mol. The van der Waals surface area contributed by atoms with Gasteiger partial charge in [0.25, 0.3) is 5.91 Å². The molecule has 0 radical (unpaired) electrons. The van der Waals surface area contributed by atoms with Crippen molar-refractivity contribution in [2.75, 3.05) is 18.1 Å². The van der Waals surface area contributed by atoms with Gasteiger partial charge in [0.05, 0.1) is 6.42 Å². The van der Waals surface area contributed by atoms with Crippen LogP contribution in [0.15, 0.2) is 24.3 Å². The van der Waals surface area contributed by atoms with Crippen LogP contribution in [0.5, 0.6) is 0 Å². The summed E-state index contributed by atoms with van der Waals surface area (Å²) in [5.74, 6) is -1.15. The van der Waals surface area contributed by atoms with Crippen LogP contribution in [0.3, 0.4) is 0 Å². The van der Waals surface area contributed by atoms with E-state index in [0.29, 0.717) is 23.7 Å². The van der Waals surface area contributed by atoms with Gasteiger partial charge in [0.2, 0.25) is 0 Å². The molecule has 108 valence electrons. The molecular weight excluding hydrogens is 282 g/mol. The van der Waals surface area contributed by atoms with Crippen molar-refractivity contribution >= 4 is 29.2 Å². The van der Waals surface area contributed by atoms with Gasteiger partial charge < -0.3 is 14.7 Å². The third-order valence-electron chi connectivity index (χ3n) is 3.14. The molecule has 1 N–H and O–H groups in total. The minimum absolute atomic E-state index is 0.106. The maximum Gasteiger partial charge on any atom is 0.305 e. The van der Waals surface area contributed by atoms with Gasteiger partial charge in [-0.3, -0.25) is 9.59 Å². The minimum Gasteiger partial charge on any atom is -0.481 e. The average molecular weight is 298 g/mol. The maximum absolute atomic E-state index is 12.4. The predicted octanol–water partition coefficient (Wildman–Crippen LogP) is 2.33. The molecular formula is C14H16ClNO4. The second kappa shape index (κ2) is 6.72. The molecule has 0 aliphatic carbocycles. The quantitative estimate of drug-likeness (QED) is 0.906. The lowest BCUT2D eigenvalue weighted by Crippen LogP contribution is -2.40. The number of anilines is 1. The molecule has 1 unspecified atom stereocenters. The average Bonchev–Trinajstić information content (AvgIpc) is 2.92. The topological polar surface area (TPSA) is 66.8 Å². The standard InChI is InChI=1S/C14H16ClNO4/c15-10-3-1-4-11(9-10)16(7-6-13(17)18)14(19)12-5-2-8-20-12/h1,3-4,9,12H,2,5-8H2,(H,17,18). The van der Waals surface area contributed by atoms with E-state index >= 15 is 0 Å². The zero-order valence-corrected chi connectivity index (χ0v) is 11.7. The van der Waals surface area contributed by atoms with Crippen LogP contribution < -0.4 is 4.90 Å². The summed E-state index contributed by atoms with van der Waals surface area (Å²) in [6.45, 7) is 0.674. The number of halogens is 1. The molecule has 1 aromatic carbocycles. The molecule has 0 saturated carbocycles. The molecule has 20 heavy (non-hydrogen) atoms. The molecule has 0 bridgehead atoms. The highest BCUT2D eigenvalue weighted by Gasteiger charge is 2.29. The van der Waals surface area contributed by atoms with Gasteiger partial charge in [-0.2, -0.15) is 0 Å². The molecule has 0 aromatic heterocycles. The van der Waals surface area contributed by atoms with Crippen molar-refractivity contribution in [2.45, 2.75) is 25.4 Å². The van der Waals surface area contributed by atoms with Crippen LogP contribution in [-0.2, 0) is 14.3 Å². The van der Waals surface area contributed by atoms with E-state index in [4.69, 9.17) is 21.4 Å². The Balaban J connectivity index is 2.19. The zero-order chi connectivity index (χ0) is 14.5. The Morgan fingerprint density at radius 1 is 1.45 bits per heavy atom. The van der Waals surface area contributed by atoms with Crippen molar-refractivity contribution < 1.29 is 19.4 Å². The number of carboxylic acid groups (broad SMARTS) is 1. The third kappa shape index (κ3) is 3.71. The molecule has 1 aliphatic rings. The summed E-state index contributed by atoms with van der Waals surface area (Å²) in [4.78, 5) is 24.6. The Morgan fingerprint density at radius 3 is 2.85 bits per heavy atom. The number of nitrogens with zero attached hydrogens (tertiary/aromatic N) is 1. The number of carbonyl (C=O) groups is 2. The molecule has 1 fully saturated rings. The van der Waals surface area contributed by atoms with Crippen LogP contribution in [0, 0.1) is 0 Å². The van der Waals surface area contributed by atoms with E-state index < -0.39 is 12.1 Å². The molecule has 1 aromatic rings. The fraction of sp³-hybridized carbons (Fsp3) is 0.429. The van der Waals surface area contributed by atoms with Crippen LogP contribution in [0.1, 0.15) is 19.3 Å². The van der Waals surface area contributed by atoms with Crippen molar-refractivity contribution in [1.82, 2.24) is 0 Å². The third-order valence-corrected chi connectivity index (χ3v) is 3.38. The summed E-state index contributed by atoms with van der Waals surface area (Å²) in [6.07, 6.45) is 0.912. The normalized spacial score (nSPS) is 17.9. The summed E-state index contributed by atoms with van der Waals surface area (Å²) in [5.41, 5.74) is 0.597. The van der Waals surface area contributed by atoms with Gasteiger partial charge in [-0.15, -0.1) is 0 Å². The molecule has 1 aliphatic heterocycles. The van der Waals surface area contributed by atoms with Crippen molar-refractivity contribution in [2.24, 2.45) is 0 Å². The van der Waals surface area contributed by atoms with Gasteiger partial charge in [-0.25, -0.2) is 0 Å². The second-order valence-electron chi connectivity index (χ2n) is 4.62. The van der Waals surface area contributed by atoms with Gasteiger partial charge in [0, 0.05) is 23.9 Å². The molecule has 2 rings (SSSR count). The predicted molar refractivity (Wildman–Crippen MR) is 75.0 cm³/mol. The lowest BCUT2D eigenvalue weighted by atomic mass is 10.2. The maximum atomic E-state index is 12.4. The fourth-order valence-electron chi connectivity index (χ4n) is 2.16. The van der Waals surface area contributed by atoms with E-state index in [1.807, 2.05) is 0 Å². The summed E-state index contributed by atoms with van der Waals surface area (Å²) in [6, 6.07) is 6.82. The number of amides is 1. The van der Waals surface area contributed by atoms with Gasteiger partial charge in [-0.1, -0.05) is 17.7 Å². The van der Waals surface area contributed by atoms with E-state index in [0.717, 1.165) is 6.42 Å². The Morgan fingerprint density at radius 2 is 2.25 bits per heavy atom. The summed E-state index contributed by atoms with van der Waals surface area (Å²) in [7, 11) is 0. The van der Waals surface area contributed by atoms with Gasteiger partial charge in [0.15, 0.2) is 0 Å². The summed E-state index contributed by atoms with van der Waals surface area (Å²) < 4.78 is 5.38. The van der Waals surface area contributed by atoms with Crippen molar-refractivity contribution in [1.29, 1.82) is 0 Å². The lowest BCUT2D eigenvalue weighted by molar-refractivity contribution is -0.136. The Kier molecular flexibility index (Phi) is 4.98. The van der Waals surface area contributed by atoms with E-state index in [2.05, 4.69) is 0 Å². The number of benzene rings is 1. The van der Waals surface area contributed by atoms with Gasteiger partial charge in [-0.05, 0) is 31.0 Å². The largest absolute Gasteiger partial charge is 0.481 e. The highest BCUT2D eigenvalue weighted by molar-refractivity contribution is 6.30. The fourth-order valence-corrected chi connectivity index (χ4v) is 2.35. The minimum atomic E-state index is -0.947. The van der Waals surface area contributed by atoms with E-state index in [1.165, 1.54) is 4.90 Å². The van der Waals surface area contributed by atoms with E-state index in [-0.39, 0.29) is 18.9 Å². The van der Waals surface area contributed by atoms with E-state index in [1.54, 1.807) is 24.3 Å². The SMILES string of the molecule is O=C(O)CCN(C(=O)C1CCCO1)c1cccc(Cl)c1. The number of hydrogen-bond donors (Lipinski definition) is 1. The van der Waals surface area contributed by atoms with Gasteiger partial charge >= 0.3 is 5.97 Å². The first-order valence-electron chi connectivity index (χ1n) is 6.48. The first-order valence-corrected chi connectivity index (χ1v) is 6.86. The smallest absolute Gasteiger partial charge is 0.305 e. The number of hydrogen-bond acceptors (Lipinski definition) is 3. The number of aliphatic carboxylic acids is 1. The molecule has 1 amide bonds. The van der Waals surface area contributed by atoms with Crippen LogP contribution in [0.2, 0.25) is 5.02 Å². The molecule has 1 saturated heterocycles. The Hall–Kier alpha value is -1.59. The van der Waals surface area contributed by atoms with Crippen LogP contribution in [-0.4, -0.2) is 36.2 Å². The van der Waals surface area contributed by atoms with Crippen molar-refractivity contribution in [3.8, 4) is 0 Å². The number of carboxylic acids is 1. The number of carbonyl (C=O) groups excluding carboxylic acids is 1. The Bertz CT molecular complexity index is 500. The molecule has 1 heterocycles. The highest BCUT2D eigenvalue weighted by Crippen LogP contribution is 2.23. The molecule has 5 nitrogen and oxygen atoms in total. The van der Waals surface area contributed by atoms with Crippen molar-refractivity contribution in [3.63, 3.8) is 0 Å². The Labute approximate surface area is 122 Å². The number of ether oxygens (including phenoxy) is 1. The molecule has 0 spiro atoms. The summed E-state index contributed by atoms with van der Waals surface area (Å²) >= 11 is 5.93. The van der Waals surface area contributed by atoms with Crippen molar-refractivity contribution in [3.05, 3.63) is 29.3 Å². The zero-order valence-electron chi connectivity index (χ0n) is 10.9. The molecule has 6 heteroatoms. The molecule has 1 atom stereocenters.